The van der Waals surface area contributed by atoms with E-state index in [9.17, 15) is 0 Å². The molecule has 1 aromatic carbocycles. The average Bonchev–Trinajstić information content (AvgIpc) is 2.30. The first-order valence-electron chi connectivity index (χ1n) is 5.69. The second-order valence-electron chi connectivity index (χ2n) is 3.98. The summed E-state index contributed by atoms with van der Waals surface area (Å²) in [5, 5.41) is 12.4. The third-order valence-electron chi connectivity index (χ3n) is 2.73. The molecule has 0 heterocycles. The molecule has 3 heteroatoms. The number of hydrogen-bond acceptors (Lipinski definition) is 3. The molecule has 0 saturated carbocycles. The monoisotopic (exact) mass is 223 g/mol. The summed E-state index contributed by atoms with van der Waals surface area (Å²) in [6.07, 6.45) is 0.921. The van der Waals surface area contributed by atoms with E-state index in [4.69, 9.17) is 9.84 Å². The van der Waals surface area contributed by atoms with Crippen molar-refractivity contribution >= 4 is 0 Å². The maximum absolute atomic E-state index is 9.09. The van der Waals surface area contributed by atoms with E-state index in [2.05, 4.69) is 25.2 Å². The predicted molar refractivity (Wildman–Crippen MR) is 65.7 cm³/mol. The third kappa shape index (κ3) is 3.51. The van der Waals surface area contributed by atoms with Crippen molar-refractivity contribution in [1.29, 1.82) is 0 Å². The number of ether oxygens (including phenoxy) is 1. The SMILES string of the molecule is CC[C@@H](CO)NCc1cc(C)ccc1OC. The summed E-state index contributed by atoms with van der Waals surface area (Å²) in [6.45, 7) is 5.02. The smallest absolute Gasteiger partial charge is 0.123 e. The van der Waals surface area contributed by atoms with Gasteiger partial charge < -0.3 is 15.2 Å². The van der Waals surface area contributed by atoms with Crippen molar-refractivity contribution in [3.8, 4) is 5.75 Å². The zero-order valence-corrected chi connectivity index (χ0v) is 10.3. The zero-order chi connectivity index (χ0) is 12.0. The van der Waals surface area contributed by atoms with Gasteiger partial charge in [-0.1, -0.05) is 24.6 Å². The normalized spacial score (nSPS) is 12.5. The number of rotatable bonds is 6. The minimum atomic E-state index is 0.158. The second kappa shape index (κ2) is 6.51. The summed E-state index contributed by atoms with van der Waals surface area (Å²) in [6, 6.07) is 6.28. The van der Waals surface area contributed by atoms with E-state index in [1.54, 1.807) is 7.11 Å². The molecule has 0 aliphatic rings. The second-order valence-corrected chi connectivity index (χ2v) is 3.98. The summed E-state index contributed by atoms with van der Waals surface area (Å²) in [4.78, 5) is 0. The first-order chi connectivity index (χ1) is 7.71. The van der Waals surface area contributed by atoms with Crippen LogP contribution in [0.2, 0.25) is 0 Å². The molecule has 0 aliphatic carbocycles. The van der Waals surface area contributed by atoms with E-state index in [0.29, 0.717) is 0 Å². The molecule has 0 aromatic heterocycles. The maximum atomic E-state index is 9.09. The lowest BCUT2D eigenvalue weighted by Crippen LogP contribution is -2.31. The van der Waals surface area contributed by atoms with Gasteiger partial charge in [0.05, 0.1) is 13.7 Å². The molecule has 0 amide bonds. The first-order valence-corrected chi connectivity index (χ1v) is 5.69. The molecule has 1 rings (SSSR count). The predicted octanol–water partition coefficient (Wildman–Crippen LogP) is 1.86. The van der Waals surface area contributed by atoms with Crippen molar-refractivity contribution in [2.24, 2.45) is 0 Å². The van der Waals surface area contributed by atoms with Crippen LogP contribution < -0.4 is 10.1 Å². The van der Waals surface area contributed by atoms with Crippen LogP contribution in [0.3, 0.4) is 0 Å². The number of benzene rings is 1. The number of methoxy groups -OCH3 is 1. The van der Waals surface area contributed by atoms with Gasteiger partial charge in [-0.3, -0.25) is 0 Å². The van der Waals surface area contributed by atoms with Gasteiger partial charge in [0.2, 0.25) is 0 Å². The van der Waals surface area contributed by atoms with Crippen LogP contribution in [-0.4, -0.2) is 24.9 Å². The van der Waals surface area contributed by atoms with Crippen molar-refractivity contribution in [3.05, 3.63) is 29.3 Å². The van der Waals surface area contributed by atoms with Crippen LogP contribution in [0.4, 0.5) is 0 Å². The Morgan fingerprint density at radius 2 is 2.19 bits per heavy atom. The Balaban J connectivity index is 2.68. The van der Waals surface area contributed by atoms with Crippen LogP contribution in [0.5, 0.6) is 5.75 Å². The summed E-state index contributed by atoms with van der Waals surface area (Å²) in [5.41, 5.74) is 2.35. The van der Waals surface area contributed by atoms with Crippen LogP contribution in [-0.2, 0) is 6.54 Å². The van der Waals surface area contributed by atoms with Gasteiger partial charge in [0.15, 0.2) is 0 Å². The standard InChI is InChI=1S/C13H21NO2/c1-4-12(9-15)14-8-11-7-10(2)5-6-13(11)16-3/h5-7,12,14-15H,4,8-9H2,1-3H3/t12-/m0/s1. The molecule has 0 saturated heterocycles. The van der Waals surface area contributed by atoms with Gasteiger partial charge in [-0.2, -0.15) is 0 Å². The molecule has 0 bridgehead atoms. The molecule has 90 valence electrons. The van der Waals surface area contributed by atoms with Gasteiger partial charge in [0.1, 0.15) is 5.75 Å². The molecule has 0 radical (unpaired) electrons. The first kappa shape index (κ1) is 13.0. The van der Waals surface area contributed by atoms with Crippen molar-refractivity contribution in [2.45, 2.75) is 32.9 Å². The fourth-order valence-corrected chi connectivity index (χ4v) is 1.64. The molecule has 2 N–H and O–H groups in total. The van der Waals surface area contributed by atoms with E-state index in [-0.39, 0.29) is 12.6 Å². The Morgan fingerprint density at radius 1 is 1.44 bits per heavy atom. The number of hydrogen-bond donors (Lipinski definition) is 2. The highest BCUT2D eigenvalue weighted by molar-refractivity contribution is 5.36. The fraction of sp³-hybridized carbons (Fsp3) is 0.538. The molecule has 0 aliphatic heterocycles. The van der Waals surface area contributed by atoms with Gasteiger partial charge in [-0.25, -0.2) is 0 Å². The lowest BCUT2D eigenvalue weighted by Gasteiger charge is -2.16. The topological polar surface area (TPSA) is 41.5 Å². The van der Waals surface area contributed by atoms with E-state index in [0.717, 1.165) is 24.3 Å². The number of aliphatic hydroxyl groups is 1. The molecule has 0 unspecified atom stereocenters. The molecule has 1 aromatic rings. The van der Waals surface area contributed by atoms with Crippen molar-refractivity contribution < 1.29 is 9.84 Å². The van der Waals surface area contributed by atoms with E-state index in [1.165, 1.54) is 5.56 Å². The third-order valence-corrected chi connectivity index (χ3v) is 2.73. The van der Waals surface area contributed by atoms with Crippen LogP contribution in [0.25, 0.3) is 0 Å². The summed E-state index contributed by atoms with van der Waals surface area (Å²) >= 11 is 0. The Kier molecular flexibility index (Phi) is 5.29. The average molecular weight is 223 g/mol. The van der Waals surface area contributed by atoms with Crippen LogP contribution in [0.15, 0.2) is 18.2 Å². The highest BCUT2D eigenvalue weighted by Gasteiger charge is 2.07. The lowest BCUT2D eigenvalue weighted by atomic mass is 10.1. The van der Waals surface area contributed by atoms with E-state index >= 15 is 0 Å². The van der Waals surface area contributed by atoms with E-state index in [1.807, 2.05) is 12.1 Å². The fourth-order valence-electron chi connectivity index (χ4n) is 1.64. The van der Waals surface area contributed by atoms with Gasteiger partial charge >= 0.3 is 0 Å². The summed E-state index contributed by atoms with van der Waals surface area (Å²) in [5.74, 6) is 0.894. The largest absolute Gasteiger partial charge is 0.496 e. The van der Waals surface area contributed by atoms with Crippen LogP contribution >= 0.6 is 0 Å². The highest BCUT2D eigenvalue weighted by atomic mass is 16.5. The molecule has 16 heavy (non-hydrogen) atoms. The van der Waals surface area contributed by atoms with Crippen molar-refractivity contribution in [2.75, 3.05) is 13.7 Å². The van der Waals surface area contributed by atoms with Crippen LogP contribution in [0, 0.1) is 6.92 Å². The number of nitrogens with one attached hydrogen (secondary N) is 1. The molecule has 1 atom stereocenters. The molecule has 0 fully saturated rings. The molecule has 0 spiro atoms. The van der Waals surface area contributed by atoms with Crippen molar-refractivity contribution in [3.63, 3.8) is 0 Å². The zero-order valence-electron chi connectivity index (χ0n) is 10.3. The lowest BCUT2D eigenvalue weighted by molar-refractivity contribution is 0.238. The molecular weight excluding hydrogens is 202 g/mol. The van der Waals surface area contributed by atoms with Gasteiger partial charge in [0.25, 0.3) is 0 Å². The van der Waals surface area contributed by atoms with Crippen LogP contribution in [0.1, 0.15) is 24.5 Å². The Labute approximate surface area is 97.4 Å². The highest BCUT2D eigenvalue weighted by Crippen LogP contribution is 2.19. The quantitative estimate of drug-likeness (QED) is 0.773. The van der Waals surface area contributed by atoms with Crippen molar-refractivity contribution in [1.82, 2.24) is 5.32 Å². The number of aliphatic hydroxyl groups excluding tert-OH is 1. The van der Waals surface area contributed by atoms with Gasteiger partial charge in [-0.05, 0) is 19.4 Å². The Morgan fingerprint density at radius 3 is 2.75 bits per heavy atom. The van der Waals surface area contributed by atoms with Gasteiger partial charge in [0, 0.05) is 18.2 Å². The Bertz CT molecular complexity index is 322. The Hall–Kier alpha value is -1.06. The number of aryl methyl sites for hydroxylation is 1. The maximum Gasteiger partial charge on any atom is 0.123 e. The molecular formula is C13H21NO2. The summed E-state index contributed by atoms with van der Waals surface area (Å²) < 4.78 is 5.30. The summed E-state index contributed by atoms with van der Waals surface area (Å²) in [7, 11) is 1.68. The molecule has 3 nitrogen and oxygen atoms in total. The minimum absolute atomic E-state index is 0.158. The van der Waals surface area contributed by atoms with E-state index < -0.39 is 0 Å². The minimum Gasteiger partial charge on any atom is -0.496 e. The van der Waals surface area contributed by atoms with Gasteiger partial charge in [-0.15, -0.1) is 0 Å².